The molecular formula is C17H14F3NO4. The van der Waals surface area contributed by atoms with E-state index in [1.165, 1.54) is 24.3 Å². The van der Waals surface area contributed by atoms with Gasteiger partial charge in [-0.2, -0.15) is 13.2 Å². The number of nitrogens with one attached hydrogen (secondary N) is 1. The maximum atomic E-state index is 12.7. The number of carboxylic acids is 1. The lowest BCUT2D eigenvalue weighted by Crippen LogP contribution is -2.13. The fourth-order valence-corrected chi connectivity index (χ4v) is 1.98. The van der Waals surface area contributed by atoms with Crippen molar-refractivity contribution >= 4 is 17.6 Å². The summed E-state index contributed by atoms with van der Waals surface area (Å²) in [5, 5.41) is 11.7. The molecule has 0 fully saturated rings. The predicted molar refractivity (Wildman–Crippen MR) is 83.8 cm³/mol. The second-order valence-electron chi connectivity index (χ2n) is 5.04. The van der Waals surface area contributed by atoms with Crippen molar-refractivity contribution in [1.29, 1.82) is 0 Å². The summed E-state index contributed by atoms with van der Waals surface area (Å²) in [6, 6.07) is 8.03. The van der Waals surface area contributed by atoms with E-state index in [1.54, 1.807) is 6.92 Å². The third-order valence-electron chi connectivity index (χ3n) is 3.21. The zero-order valence-electron chi connectivity index (χ0n) is 13.1. The fourth-order valence-electron chi connectivity index (χ4n) is 1.98. The number of aromatic carboxylic acids is 1. The molecule has 0 aliphatic rings. The van der Waals surface area contributed by atoms with Crippen LogP contribution in [0.15, 0.2) is 42.5 Å². The SMILES string of the molecule is CCC(=O)Nc1ccc(Oc2cccc(C(F)(F)F)c2)cc1C(=O)O. The number of carbonyl (C=O) groups excluding carboxylic acids is 1. The maximum Gasteiger partial charge on any atom is 0.416 e. The number of halogens is 3. The van der Waals surface area contributed by atoms with E-state index in [9.17, 15) is 27.9 Å². The van der Waals surface area contributed by atoms with Crippen LogP contribution in [0.4, 0.5) is 18.9 Å². The van der Waals surface area contributed by atoms with E-state index in [0.29, 0.717) is 0 Å². The first-order chi connectivity index (χ1) is 11.7. The Morgan fingerprint density at radius 2 is 1.80 bits per heavy atom. The number of rotatable bonds is 5. The summed E-state index contributed by atoms with van der Waals surface area (Å²) < 4.78 is 43.4. The number of carbonyl (C=O) groups is 2. The number of ether oxygens (including phenoxy) is 1. The number of alkyl halides is 3. The lowest BCUT2D eigenvalue weighted by molar-refractivity contribution is -0.137. The first kappa shape index (κ1) is 18.3. The summed E-state index contributed by atoms with van der Waals surface area (Å²) >= 11 is 0. The van der Waals surface area contributed by atoms with Crippen LogP contribution < -0.4 is 10.1 Å². The first-order valence-corrected chi connectivity index (χ1v) is 7.23. The molecule has 0 unspecified atom stereocenters. The van der Waals surface area contributed by atoms with Crippen molar-refractivity contribution in [3.8, 4) is 11.5 Å². The highest BCUT2D eigenvalue weighted by Crippen LogP contribution is 2.33. The average Bonchev–Trinajstić information content (AvgIpc) is 2.55. The second kappa shape index (κ2) is 7.25. The van der Waals surface area contributed by atoms with Crippen LogP contribution >= 0.6 is 0 Å². The van der Waals surface area contributed by atoms with Gasteiger partial charge in [-0.1, -0.05) is 13.0 Å². The Balaban J connectivity index is 2.30. The number of hydrogen-bond donors (Lipinski definition) is 2. The van der Waals surface area contributed by atoms with Crippen LogP contribution in [0.3, 0.4) is 0 Å². The first-order valence-electron chi connectivity index (χ1n) is 7.23. The number of benzene rings is 2. The van der Waals surface area contributed by atoms with Crippen LogP contribution in [0, 0.1) is 0 Å². The van der Waals surface area contributed by atoms with Crippen molar-refractivity contribution in [2.24, 2.45) is 0 Å². The van der Waals surface area contributed by atoms with E-state index < -0.39 is 17.7 Å². The smallest absolute Gasteiger partial charge is 0.416 e. The van der Waals surface area contributed by atoms with Crippen molar-refractivity contribution in [2.75, 3.05) is 5.32 Å². The maximum absolute atomic E-state index is 12.7. The van der Waals surface area contributed by atoms with Gasteiger partial charge in [-0.15, -0.1) is 0 Å². The number of hydrogen-bond acceptors (Lipinski definition) is 3. The van der Waals surface area contributed by atoms with Gasteiger partial charge in [0, 0.05) is 6.42 Å². The minimum Gasteiger partial charge on any atom is -0.478 e. The molecule has 0 atom stereocenters. The van der Waals surface area contributed by atoms with E-state index in [1.807, 2.05) is 0 Å². The Kier molecular flexibility index (Phi) is 5.31. The van der Waals surface area contributed by atoms with E-state index in [-0.39, 0.29) is 35.1 Å². The van der Waals surface area contributed by atoms with Crippen LogP contribution in [0.5, 0.6) is 11.5 Å². The molecule has 25 heavy (non-hydrogen) atoms. The molecule has 1 amide bonds. The van der Waals surface area contributed by atoms with Gasteiger partial charge in [0.2, 0.25) is 5.91 Å². The Bertz CT molecular complexity index is 803. The quantitative estimate of drug-likeness (QED) is 0.827. The molecule has 2 rings (SSSR count). The van der Waals surface area contributed by atoms with E-state index in [4.69, 9.17) is 4.74 Å². The average molecular weight is 353 g/mol. The molecule has 0 bridgehead atoms. The van der Waals surface area contributed by atoms with Gasteiger partial charge < -0.3 is 15.2 Å². The third kappa shape index (κ3) is 4.72. The molecule has 0 saturated heterocycles. The third-order valence-corrected chi connectivity index (χ3v) is 3.21. The zero-order chi connectivity index (χ0) is 18.6. The standard InChI is InChI=1S/C17H14F3NO4/c1-2-15(22)21-14-7-6-12(9-13(14)16(23)24)25-11-5-3-4-10(8-11)17(18,19)20/h3-9H,2H2,1H3,(H,21,22)(H,23,24). The molecule has 0 spiro atoms. The van der Waals surface area contributed by atoms with Gasteiger partial charge in [0.05, 0.1) is 16.8 Å². The molecule has 0 aliphatic carbocycles. The molecule has 132 valence electrons. The van der Waals surface area contributed by atoms with Crippen LogP contribution in [0.25, 0.3) is 0 Å². The topological polar surface area (TPSA) is 75.6 Å². The fraction of sp³-hybridized carbons (Fsp3) is 0.176. The highest BCUT2D eigenvalue weighted by molar-refractivity contribution is 6.00. The minimum atomic E-state index is -4.51. The van der Waals surface area contributed by atoms with Crippen molar-refractivity contribution in [3.05, 3.63) is 53.6 Å². The van der Waals surface area contributed by atoms with Crippen LogP contribution in [0.1, 0.15) is 29.3 Å². The molecule has 0 aliphatic heterocycles. The molecule has 0 aromatic heterocycles. The molecule has 2 aromatic carbocycles. The molecule has 5 nitrogen and oxygen atoms in total. The Labute approximate surface area is 141 Å². The van der Waals surface area contributed by atoms with Crippen molar-refractivity contribution in [3.63, 3.8) is 0 Å². The molecule has 0 heterocycles. The summed E-state index contributed by atoms with van der Waals surface area (Å²) in [5.41, 5.74) is -1.03. The Hall–Kier alpha value is -3.03. The number of anilines is 1. The van der Waals surface area contributed by atoms with Gasteiger partial charge in [0.15, 0.2) is 0 Å². The lowest BCUT2D eigenvalue weighted by Gasteiger charge is -2.12. The highest BCUT2D eigenvalue weighted by atomic mass is 19.4. The lowest BCUT2D eigenvalue weighted by atomic mass is 10.1. The monoisotopic (exact) mass is 353 g/mol. The van der Waals surface area contributed by atoms with Crippen molar-refractivity contribution < 1.29 is 32.6 Å². The molecule has 2 aromatic rings. The largest absolute Gasteiger partial charge is 0.478 e. The molecule has 0 saturated carbocycles. The van der Waals surface area contributed by atoms with Gasteiger partial charge in [0.1, 0.15) is 11.5 Å². The van der Waals surface area contributed by atoms with Gasteiger partial charge >= 0.3 is 12.1 Å². The van der Waals surface area contributed by atoms with Crippen molar-refractivity contribution in [2.45, 2.75) is 19.5 Å². The predicted octanol–water partition coefficient (Wildman–Crippen LogP) is 4.54. The molecular weight excluding hydrogens is 339 g/mol. The van der Waals surface area contributed by atoms with Crippen LogP contribution in [-0.2, 0) is 11.0 Å². The summed E-state index contributed by atoms with van der Waals surface area (Å²) in [6.45, 7) is 1.61. The summed E-state index contributed by atoms with van der Waals surface area (Å²) in [4.78, 5) is 22.7. The minimum absolute atomic E-state index is 0.0335. The number of amides is 1. The summed E-state index contributed by atoms with van der Waals surface area (Å²) in [6.07, 6.45) is -4.35. The summed E-state index contributed by atoms with van der Waals surface area (Å²) in [5.74, 6) is -1.72. The van der Waals surface area contributed by atoms with E-state index in [2.05, 4.69) is 5.32 Å². The second-order valence-corrected chi connectivity index (χ2v) is 5.04. The highest BCUT2D eigenvalue weighted by Gasteiger charge is 2.30. The van der Waals surface area contributed by atoms with Crippen LogP contribution in [-0.4, -0.2) is 17.0 Å². The van der Waals surface area contributed by atoms with Gasteiger partial charge in [-0.25, -0.2) is 4.79 Å². The normalized spacial score (nSPS) is 11.0. The molecule has 2 N–H and O–H groups in total. The Morgan fingerprint density at radius 1 is 1.12 bits per heavy atom. The number of carboxylic acid groups (broad SMARTS) is 1. The van der Waals surface area contributed by atoms with E-state index >= 15 is 0 Å². The van der Waals surface area contributed by atoms with Crippen molar-refractivity contribution in [1.82, 2.24) is 0 Å². The van der Waals surface area contributed by atoms with E-state index in [0.717, 1.165) is 18.2 Å². The summed E-state index contributed by atoms with van der Waals surface area (Å²) in [7, 11) is 0. The van der Waals surface area contributed by atoms with Crippen LogP contribution in [0.2, 0.25) is 0 Å². The Morgan fingerprint density at radius 3 is 2.40 bits per heavy atom. The zero-order valence-corrected chi connectivity index (χ0v) is 13.1. The van der Waals surface area contributed by atoms with Gasteiger partial charge in [0.25, 0.3) is 0 Å². The molecule has 0 radical (unpaired) electrons. The van der Waals surface area contributed by atoms with Gasteiger partial charge in [-0.3, -0.25) is 4.79 Å². The molecule has 8 heteroatoms. The van der Waals surface area contributed by atoms with Gasteiger partial charge in [-0.05, 0) is 36.4 Å².